The fourth-order valence-electron chi connectivity index (χ4n) is 1.81. The van der Waals surface area contributed by atoms with E-state index in [1.807, 2.05) is 20.8 Å². The topological polar surface area (TPSA) is 64.6 Å². The van der Waals surface area contributed by atoms with Gasteiger partial charge in [-0.05, 0) is 38.8 Å². The van der Waals surface area contributed by atoms with E-state index < -0.39 is 0 Å². The summed E-state index contributed by atoms with van der Waals surface area (Å²) in [4.78, 5) is 23.3. The van der Waals surface area contributed by atoms with Crippen LogP contribution < -0.4 is 14.8 Å². The van der Waals surface area contributed by atoms with E-state index in [-0.39, 0.29) is 35.6 Å². The molecule has 0 aliphatic rings. The number of ether oxygens (including phenoxy) is 2. The Hall–Kier alpha value is -1.56. The van der Waals surface area contributed by atoms with Crippen molar-refractivity contribution in [1.82, 2.24) is 0 Å². The van der Waals surface area contributed by atoms with E-state index in [2.05, 4.69) is 28.2 Å². The summed E-state index contributed by atoms with van der Waals surface area (Å²) < 4.78 is 11.7. The zero-order valence-corrected chi connectivity index (χ0v) is 16.3. The Kier molecular flexibility index (Phi) is 8.82. The van der Waals surface area contributed by atoms with Crippen LogP contribution >= 0.6 is 15.9 Å². The molecule has 0 aliphatic carbocycles. The van der Waals surface area contributed by atoms with Gasteiger partial charge in [-0.2, -0.15) is 0 Å². The number of anilines is 1. The van der Waals surface area contributed by atoms with Crippen molar-refractivity contribution >= 4 is 33.3 Å². The third-order valence-electron chi connectivity index (χ3n) is 3.55. The fourth-order valence-corrected chi connectivity index (χ4v) is 2.01. The highest BCUT2D eigenvalue weighted by molar-refractivity contribution is 9.09. The van der Waals surface area contributed by atoms with E-state index in [0.717, 1.165) is 12.8 Å². The van der Waals surface area contributed by atoms with Crippen LogP contribution in [0.3, 0.4) is 0 Å². The molecule has 0 bridgehead atoms. The first kappa shape index (κ1) is 20.5. The highest BCUT2D eigenvalue weighted by Gasteiger charge is 2.14. The lowest BCUT2D eigenvalue weighted by molar-refractivity contribution is -0.123. The first-order chi connectivity index (χ1) is 11.4. The minimum absolute atomic E-state index is 0.00340. The number of hydrogen-bond donors (Lipinski definition) is 1. The molecule has 6 heteroatoms. The third-order valence-corrected chi connectivity index (χ3v) is 4.17. The zero-order valence-electron chi connectivity index (χ0n) is 14.7. The fraction of sp³-hybridized carbons (Fsp3) is 0.556. The van der Waals surface area contributed by atoms with E-state index in [9.17, 15) is 9.59 Å². The van der Waals surface area contributed by atoms with Crippen LogP contribution in [0.25, 0.3) is 0 Å². The van der Waals surface area contributed by atoms with Gasteiger partial charge in [-0.15, -0.1) is 0 Å². The van der Waals surface area contributed by atoms with Gasteiger partial charge < -0.3 is 14.8 Å². The van der Waals surface area contributed by atoms with E-state index in [1.54, 1.807) is 18.2 Å². The molecule has 0 radical (unpaired) electrons. The number of ketones is 1. The second kappa shape index (κ2) is 10.3. The van der Waals surface area contributed by atoms with Crippen LogP contribution in [-0.4, -0.2) is 29.2 Å². The lowest BCUT2D eigenvalue weighted by Crippen LogP contribution is -2.19. The molecule has 0 saturated heterocycles. The van der Waals surface area contributed by atoms with Crippen molar-refractivity contribution in [1.29, 1.82) is 0 Å². The Morgan fingerprint density at radius 3 is 2.33 bits per heavy atom. The van der Waals surface area contributed by atoms with Crippen LogP contribution in [0.15, 0.2) is 18.2 Å². The first-order valence-electron chi connectivity index (χ1n) is 8.24. The minimum atomic E-state index is -0.357. The standard InChI is InChI=1S/C18H26BrNO4/c1-5-12(3)23-15-7-8-16(17(10-15)24-13(4)6-2)20-18(22)9-14(21)11-19/h7-8,10,12-13H,5-6,9,11H2,1-4H3,(H,20,22). The van der Waals surface area contributed by atoms with Crippen LogP contribution in [-0.2, 0) is 9.59 Å². The summed E-state index contributed by atoms with van der Waals surface area (Å²) in [6.07, 6.45) is 1.67. The summed E-state index contributed by atoms with van der Waals surface area (Å²) in [6, 6.07) is 5.31. The molecule has 1 rings (SSSR count). The molecule has 5 nitrogen and oxygen atoms in total. The number of alkyl halides is 1. The molecule has 0 fully saturated rings. The lowest BCUT2D eigenvalue weighted by atomic mass is 10.2. The van der Waals surface area contributed by atoms with Crippen molar-refractivity contribution in [3.63, 3.8) is 0 Å². The third kappa shape index (κ3) is 6.91. The van der Waals surface area contributed by atoms with E-state index in [4.69, 9.17) is 9.47 Å². The normalized spacial score (nSPS) is 13.0. The lowest BCUT2D eigenvalue weighted by Gasteiger charge is -2.19. The summed E-state index contributed by atoms with van der Waals surface area (Å²) in [6.45, 7) is 8.03. The minimum Gasteiger partial charge on any atom is -0.491 e. The number of carbonyl (C=O) groups excluding carboxylic acids is 2. The van der Waals surface area contributed by atoms with E-state index in [1.165, 1.54) is 0 Å². The largest absolute Gasteiger partial charge is 0.491 e. The number of hydrogen-bond acceptors (Lipinski definition) is 4. The van der Waals surface area contributed by atoms with Gasteiger partial charge in [-0.1, -0.05) is 29.8 Å². The second-order valence-corrected chi connectivity index (χ2v) is 6.29. The quantitative estimate of drug-likeness (QED) is 0.469. The number of Topliss-reactive ketones (excluding diaryl/α,β-unsaturated/α-hetero) is 1. The highest BCUT2D eigenvalue weighted by atomic mass is 79.9. The van der Waals surface area contributed by atoms with Crippen molar-refractivity contribution in [2.75, 3.05) is 10.6 Å². The molecular weight excluding hydrogens is 374 g/mol. The van der Waals surface area contributed by atoms with Gasteiger partial charge in [0.2, 0.25) is 5.91 Å². The first-order valence-corrected chi connectivity index (χ1v) is 9.36. The highest BCUT2D eigenvalue weighted by Crippen LogP contribution is 2.31. The Balaban J connectivity index is 2.95. The van der Waals surface area contributed by atoms with E-state index in [0.29, 0.717) is 17.2 Å². The van der Waals surface area contributed by atoms with Gasteiger partial charge >= 0.3 is 0 Å². The zero-order chi connectivity index (χ0) is 18.1. The van der Waals surface area contributed by atoms with Crippen molar-refractivity contribution in [3.05, 3.63) is 18.2 Å². The number of benzene rings is 1. The predicted octanol–water partition coefficient (Wildman–Crippen LogP) is 4.33. The van der Waals surface area contributed by atoms with Crippen molar-refractivity contribution < 1.29 is 19.1 Å². The summed E-state index contributed by atoms with van der Waals surface area (Å²) in [5.74, 6) is 0.708. The average Bonchev–Trinajstić information content (AvgIpc) is 2.56. The Morgan fingerprint density at radius 2 is 1.75 bits per heavy atom. The van der Waals surface area contributed by atoms with Gasteiger partial charge in [0.15, 0.2) is 5.78 Å². The van der Waals surface area contributed by atoms with Crippen LogP contribution in [0.1, 0.15) is 47.0 Å². The molecule has 24 heavy (non-hydrogen) atoms. The van der Waals surface area contributed by atoms with Crippen LogP contribution in [0.2, 0.25) is 0 Å². The van der Waals surface area contributed by atoms with Gasteiger partial charge in [-0.25, -0.2) is 0 Å². The van der Waals surface area contributed by atoms with Gasteiger partial charge in [0, 0.05) is 6.07 Å². The second-order valence-electron chi connectivity index (χ2n) is 5.73. The summed E-state index contributed by atoms with van der Waals surface area (Å²) >= 11 is 3.05. The van der Waals surface area contributed by atoms with Gasteiger partial charge in [-0.3, -0.25) is 9.59 Å². The summed E-state index contributed by atoms with van der Waals surface area (Å²) in [7, 11) is 0. The molecule has 2 atom stereocenters. The smallest absolute Gasteiger partial charge is 0.231 e. The number of nitrogens with one attached hydrogen (secondary N) is 1. The molecule has 0 heterocycles. The molecular formula is C18H26BrNO4. The number of amides is 1. The van der Waals surface area contributed by atoms with Gasteiger partial charge in [0.05, 0.1) is 29.6 Å². The Morgan fingerprint density at radius 1 is 1.12 bits per heavy atom. The molecule has 1 aromatic carbocycles. The maximum absolute atomic E-state index is 12.0. The number of rotatable bonds is 10. The predicted molar refractivity (Wildman–Crippen MR) is 99.3 cm³/mol. The van der Waals surface area contributed by atoms with Crippen LogP contribution in [0.4, 0.5) is 5.69 Å². The van der Waals surface area contributed by atoms with Crippen LogP contribution in [0, 0.1) is 0 Å². The Labute approximate surface area is 152 Å². The molecule has 0 aliphatic heterocycles. The molecule has 1 amide bonds. The molecule has 0 aromatic heterocycles. The van der Waals surface area contributed by atoms with Crippen molar-refractivity contribution in [2.45, 2.75) is 59.2 Å². The van der Waals surface area contributed by atoms with Crippen molar-refractivity contribution in [2.24, 2.45) is 0 Å². The molecule has 0 saturated carbocycles. The Bertz CT molecular complexity index is 562. The monoisotopic (exact) mass is 399 g/mol. The molecule has 1 N–H and O–H groups in total. The van der Waals surface area contributed by atoms with Gasteiger partial charge in [0.1, 0.15) is 11.5 Å². The van der Waals surface area contributed by atoms with Gasteiger partial charge in [0.25, 0.3) is 0 Å². The molecule has 134 valence electrons. The summed E-state index contributed by atoms with van der Waals surface area (Å²) in [5.41, 5.74) is 0.541. The van der Waals surface area contributed by atoms with Crippen molar-refractivity contribution in [3.8, 4) is 11.5 Å². The average molecular weight is 400 g/mol. The maximum Gasteiger partial charge on any atom is 0.231 e. The summed E-state index contributed by atoms with van der Waals surface area (Å²) in [5, 5.41) is 2.90. The number of carbonyl (C=O) groups is 2. The van der Waals surface area contributed by atoms with E-state index >= 15 is 0 Å². The SMILES string of the molecule is CCC(C)Oc1ccc(NC(=O)CC(=O)CBr)c(OC(C)CC)c1. The molecule has 1 aromatic rings. The van der Waals surface area contributed by atoms with Crippen LogP contribution in [0.5, 0.6) is 11.5 Å². The maximum atomic E-state index is 12.0. The molecule has 0 spiro atoms. The number of halogens is 1. The molecule has 2 unspecified atom stereocenters.